The second kappa shape index (κ2) is 2.81. The predicted molar refractivity (Wildman–Crippen MR) is 48.8 cm³/mol. The molecule has 0 amide bonds. The van der Waals surface area contributed by atoms with E-state index in [1.807, 2.05) is 0 Å². The van der Waals surface area contributed by atoms with Gasteiger partial charge in [0.05, 0.1) is 6.04 Å². The molecule has 0 aliphatic carbocycles. The Hall–Kier alpha value is -0.420. The van der Waals surface area contributed by atoms with E-state index in [2.05, 4.69) is 49.6 Å². The van der Waals surface area contributed by atoms with Crippen LogP contribution in [0.25, 0.3) is 0 Å². The normalized spacial score (nSPS) is 24.1. The quantitative estimate of drug-likeness (QED) is 0.669. The van der Waals surface area contributed by atoms with Crippen molar-refractivity contribution in [1.29, 1.82) is 0 Å². The number of nitrogens with zero attached hydrogens (tertiary/aromatic N) is 4. The Labute approximate surface area is 79.7 Å². The van der Waals surface area contributed by atoms with E-state index < -0.39 is 0 Å². The Morgan fingerprint density at radius 2 is 2.17 bits per heavy atom. The minimum atomic E-state index is 0.373. The standard InChI is InChI=1S/C7H11BrN4/c1-5-6-9-10-7(8)12(6)4-3-11(5)2/h5H,3-4H2,1-2H3. The number of halogens is 1. The zero-order valence-electron chi connectivity index (χ0n) is 7.16. The molecule has 1 unspecified atom stereocenters. The van der Waals surface area contributed by atoms with Crippen molar-refractivity contribution >= 4 is 15.9 Å². The minimum absolute atomic E-state index is 0.373. The lowest BCUT2D eigenvalue weighted by atomic mass is 10.2. The van der Waals surface area contributed by atoms with Crippen molar-refractivity contribution in [3.05, 3.63) is 10.6 Å². The van der Waals surface area contributed by atoms with Gasteiger partial charge in [0.2, 0.25) is 0 Å². The monoisotopic (exact) mass is 230 g/mol. The van der Waals surface area contributed by atoms with E-state index in [4.69, 9.17) is 0 Å². The van der Waals surface area contributed by atoms with Gasteiger partial charge in [0, 0.05) is 13.1 Å². The Morgan fingerprint density at radius 3 is 2.92 bits per heavy atom. The van der Waals surface area contributed by atoms with Gasteiger partial charge in [-0.05, 0) is 29.9 Å². The van der Waals surface area contributed by atoms with Gasteiger partial charge < -0.3 is 4.57 Å². The van der Waals surface area contributed by atoms with Crippen molar-refractivity contribution in [3.8, 4) is 0 Å². The molecule has 0 saturated carbocycles. The van der Waals surface area contributed by atoms with E-state index in [9.17, 15) is 0 Å². The van der Waals surface area contributed by atoms with E-state index in [-0.39, 0.29) is 0 Å². The fourth-order valence-corrected chi connectivity index (χ4v) is 1.90. The van der Waals surface area contributed by atoms with Crippen LogP contribution in [0.15, 0.2) is 4.73 Å². The average molecular weight is 231 g/mol. The summed E-state index contributed by atoms with van der Waals surface area (Å²) in [4.78, 5) is 2.27. The second-order valence-electron chi connectivity index (χ2n) is 3.14. The largest absolute Gasteiger partial charge is 0.303 e. The molecule has 66 valence electrons. The number of rotatable bonds is 0. The summed E-state index contributed by atoms with van der Waals surface area (Å²) in [5.41, 5.74) is 0. The summed E-state index contributed by atoms with van der Waals surface area (Å²) in [6.45, 7) is 4.18. The summed E-state index contributed by atoms with van der Waals surface area (Å²) < 4.78 is 2.96. The van der Waals surface area contributed by atoms with E-state index in [1.165, 1.54) is 0 Å². The third kappa shape index (κ3) is 1.08. The first kappa shape index (κ1) is 8.19. The fraction of sp³-hybridized carbons (Fsp3) is 0.714. The molecule has 4 nitrogen and oxygen atoms in total. The molecule has 1 aliphatic heterocycles. The molecule has 1 atom stereocenters. The van der Waals surface area contributed by atoms with Crippen LogP contribution >= 0.6 is 15.9 Å². The van der Waals surface area contributed by atoms with Gasteiger partial charge in [-0.2, -0.15) is 0 Å². The summed E-state index contributed by atoms with van der Waals surface area (Å²) >= 11 is 3.37. The van der Waals surface area contributed by atoms with Crippen LogP contribution in [0.3, 0.4) is 0 Å². The summed E-state index contributed by atoms with van der Waals surface area (Å²) in [5.74, 6) is 1.05. The number of aromatic nitrogens is 3. The van der Waals surface area contributed by atoms with Crippen LogP contribution in [0.1, 0.15) is 18.8 Å². The van der Waals surface area contributed by atoms with Crippen molar-refractivity contribution < 1.29 is 0 Å². The van der Waals surface area contributed by atoms with Crippen molar-refractivity contribution in [3.63, 3.8) is 0 Å². The Bertz CT molecular complexity index is 296. The third-order valence-corrected chi connectivity index (χ3v) is 3.03. The van der Waals surface area contributed by atoms with Crippen LogP contribution in [-0.2, 0) is 6.54 Å². The molecule has 2 rings (SSSR count). The SMILES string of the molecule is CC1c2nnc(Br)n2CCN1C. The molecule has 0 spiro atoms. The highest BCUT2D eigenvalue weighted by molar-refractivity contribution is 9.10. The predicted octanol–water partition coefficient (Wildman–Crippen LogP) is 1.05. The number of likely N-dealkylation sites (N-methyl/N-ethyl adjacent to an activating group) is 1. The maximum Gasteiger partial charge on any atom is 0.200 e. The van der Waals surface area contributed by atoms with Crippen LogP contribution < -0.4 is 0 Å². The molecule has 2 heterocycles. The molecular formula is C7H11BrN4. The van der Waals surface area contributed by atoms with Crippen molar-refractivity contribution in [2.75, 3.05) is 13.6 Å². The molecule has 0 fully saturated rings. The molecule has 0 saturated heterocycles. The zero-order valence-corrected chi connectivity index (χ0v) is 8.74. The van der Waals surface area contributed by atoms with Gasteiger partial charge in [0.15, 0.2) is 10.6 Å². The highest BCUT2D eigenvalue weighted by Gasteiger charge is 2.24. The summed E-state index contributed by atoms with van der Waals surface area (Å²) in [6, 6.07) is 0.373. The molecule has 12 heavy (non-hydrogen) atoms. The third-order valence-electron chi connectivity index (χ3n) is 2.45. The van der Waals surface area contributed by atoms with Crippen molar-refractivity contribution in [1.82, 2.24) is 19.7 Å². The molecular weight excluding hydrogens is 220 g/mol. The molecule has 1 aliphatic rings. The number of hydrogen-bond donors (Lipinski definition) is 0. The van der Waals surface area contributed by atoms with Gasteiger partial charge >= 0.3 is 0 Å². The lowest BCUT2D eigenvalue weighted by Crippen LogP contribution is -2.34. The molecule has 0 bridgehead atoms. The maximum atomic E-state index is 4.11. The lowest BCUT2D eigenvalue weighted by Gasteiger charge is -2.29. The first-order chi connectivity index (χ1) is 5.70. The first-order valence-corrected chi connectivity index (χ1v) is 4.78. The second-order valence-corrected chi connectivity index (χ2v) is 3.84. The van der Waals surface area contributed by atoms with Gasteiger partial charge in [-0.3, -0.25) is 4.90 Å². The minimum Gasteiger partial charge on any atom is -0.303 e. The van der Waals surface area contributed by atoms with Gasteiger partial charge in [-0.25, -0.2) is 0 Å². The lowest BCUT2D eigenvalue weighted by molar-refractivity contribution is 0.204. The topological polar surface area (TPSA) is 34.0 Å². The van der Waals surface area contributed by atoms with Gasteiger partial charge in [-0.1, -0.05) is 0 Å². The van der Waals surface area contributed by atoms with E-state index >= 15 is 0 Å². The summed E-state index contributed by atoms with van der Waals surface area (Å²) in [6.07, 6.45) is 0. The van der Waals surface area contributed by atoms with Crippen LogP contribution in [0.5, 0.6) is 0 Å². The van der Waals surface area contributed by atoms with Crippen molar-refractivity contribution in [2.24, 2.45) is 0 Å². The average Bonchev–Trinajstić information content (AvgIpc) is 2.41. The number of fused-ring (bicyclic) bond motifs is 1. The van der Waals surface area contributed by atoms with Gasteiger partial charge in [0.1, 0.15) is 0 Å². The van der Waals surface area contributed by atoms with Crippen LogP contribution in [0.2, 0.25) is 0 Å². The summed E-state index contributed by atoms with van der Waals surface area (Å²) in [7, 11) is 2.11. The first-order valence-electron chi connectivity index (χ1n) is 3.99. The maximum absolute atomic E-state index is 4.11. The molecule has 5 heteroatoms. The Balaban J connectivity index is 2.43. The fourth-order valence-electron chi connectivity index (χ4n) is 1.46. The zero-order chi connectivity index (χ0) is 8.72. The van der Waals surface area contributed by atoms with Crippen LogP contribution in [-0.4, -0.2) is 33.3 Å². The molecule has 1 aromatic heterocycles. The van der Waals surface area contributed by atoms with E-state index in [0.29, 0.717) is 6.04 Å². The van der Waals surface area contributed by atoms with E-state index in [1.54, 1.807) is 0 Å². The highest BCUT2D eigenvalue weighted by atomic mass is 79.9. The molecule has 0 radical (unpaired) electrons. The van der Waals surface area contributed by atoms with Crippen LogP contribution in [0.4, 0.5) is 0 Å². The number of hydrogen-bond acceptors (Lipinski definition) is 3. The van der Waals surface area contributed by atoms with Gasteiger partial charge in [0.25, 0.3) is 0 Å². The smallest absolute Gasteiger partial charge is 0.200 e. The highest BCUT2D eigenvalue weighted by Crippen LogP contribution is 2.23. The van der Waals surface area contributed by atoms with Crippen molar-refractivity contribution in [2.45, 2.75) is 19.5 Å². The van der Waals surface area contributed by atoms with Crippen LogP contribution in [0, 0.1) is 0 Å². The van der Waals surface area contributed by atoms with E-state index in [0.717, 1.165) is 23.6 Å². The molecule has 0 aromatic carbocycles. The molecule has 1 aromatic rings. The Morgan fingerprint density at radius 1 is 1.42 bits per heavy atom. The summed E-state index contributed by atoms with van der Waals surface area (Å²) in [5, 5.41) is 8.10. The molecule has 0 N–H and O–H groups in total. The van der Waals surface area contributed by atoms with Gasteiger partial charge in [-0.15, -0.1) is 10.2 Å². The Kier molecular flexibility index (Phi) is 1.92.